The molecule has 0 spiro atoms. The Hall–Kier alpha value is -3.59. The Morgan fingerprint density at radius 2 is 1.42 bits per heavy atom. The van der Waals surface area contributed by atoms with Crippen LogP contribution in [0, 0.1) is 45.3 Å². The van der Waals surface area contributed by atoms with Crippen molar-refractivity contribution in [1.82, 2.24) is 4.98 Å². The molecular weight excluding hydrogens is 733 g/mol. The van der Waals surface area contributed by atoms with Crippen molar-refractivity contribution >= 4 is 21.9 Å². The minimum absolute atomic E-state index is 0.0587. The first-order valence-corrected chi connectivity index (χ1v) is 19.5. The van der Waals surface area contributed by atoms with E-state index in [9.17, 15) is 24.5 Å². The van der Waals surface area contributed by atoms with Crippen LogP contribution in [0.25, 0.3) is 11.1 Å². The predicted molar refractivity (Wildman–Crippen MR) is 213 cm³/mol. The van der Waals surface area contributed by atoms with Crippen molar-refractivity contribution in [3.63, 3.8) is 0 Å². The minimum Gasteiger partial charge on any atom is -0.481 e. The predicted octanol–water partition coefficient (Wildman–Crippen LogP) is 10.3. The number of hydrogen-bond donors (Lipinski definition) is 3. The summed E-state index contributed by atoms with van der Waals surface area (Å²) >= 11 is 3.57. The summed E-state index contributed by atoms with van der Waals surface area (Å²) in [6, 6.07) is 15.8. The van der Waals surface area contributed by atoms with Gasteiger partial charge in [0.2, 0.25) is 5.88 Å². The van der Waals surface area contributed by atoms with E-state index >= 15 is 0 Å². The fourth-order valence-corrected chi connectivity index (χ4v) is 8.19. The maximum atomic E-state index is 14.7. The molecule has 0 unspecified atom stereocenters. The van der Waals surface area contributed by atoms with Crippen molar-refractivity contribution in [2.24, 2.45) is 11.8 Å². The van der Waals surface area contributed by atoms with Crippen molar-refractivity contribution in [3.8, 4) is 17.0 Å². The van der Waals surface area contributed by atoms with Crippen molar-refractivity contribution < 1.29 is 29.2 Å². The van der Waals surface area contributed by atoms with Crippen LogP contribution in [0.5, 0.6) is 5.88 Å². The van der Waals surface area contributed by atoms with Crippen molar-refractivity contribution in [2.45, 2.75) is 124 Å². The normalized spacial score (nSPS) is 17.5. The number of hydrogen-bond acceptors (Lipinski definition) is 5. The van der Waals surface area contributed by atoms with Crippen LogP contribution in [0.2, 0.25) is 0 Å². The maximum Gasteiger partial charge on any atom is 0.307 e. The van der Waals surface area contributed by atoms with E-state index in [-0.39, 0.29) is 30.2 Å². The number of ether oxygens (including phenoxy) is 1. The smallest absolute Gasteiger partial charge is 0.307 e. The molecule has 1 fully saturated rings. The topological polar surface area (TPSA) is 99.9 Å². The third-order valence-corrected chi connectivity index (χ3v) is 11.8. The first-order chi connectivity index (χ1) is 24.8. The fraction of sp³-hybridized carbons (Fsp3) is 0.467. The molecule has 6 rings (SSSR count). The molecule has 1 saturated carbocycles. The molecule has 0 radical (unpaired) electrons. The van der Waals surface area contributed by atoms with Crippen molar-refractivity contribution in [2.75, 3.05) is 0 Å². The Labute approximate surface area is 323 Å². The van der Waals surface area contributed by atoms with Gasteiger partial charge in [0, 0.05) is 28.2 Å². The van der Waals surface area contributed by atoms with Gasteiger partial charge in [-0.3, -0.25) is 4.79 Å². The zero-order valence-electron chi connectivity index (χ0n) is 32.4. The van der Waals surface area contributed by atoms with E-state index in [1.807, 2.05) is 39.8 Å². The summed E-state index contributed by atoms with van der Waals surface area (Å²) in [6.45, 7) is 15.9. The Morgan fingerprint density at radius 3 is 1.94 bits per heavy atom. The Bertz CT molecular complexity index is 1910. The summed E-state index contributed by atoms with van der Waals surface area (Å²) in [5, 5.41) is 28.9. The molecule has 2 aliphatic carbocycles. The number of benzene rings is 3. The van der Waals surface area contributed by atoms with E-state index in [1.54, 1.807) is 12.3 Å². The van der Waals surface area contributed by atoms with Crippen LogP contribution in [-0.4, -0.2) is 37.5 Å². The van der Waals surface area contributed by atoms with Gasteiger partial charge in [0.25, 0.3) is 0 Å². The van der Waals surface area contributed by atoms with Gasteiger partial charge in [-0.15, -0.1) is 0 Å². The van der Waals surface area contributed by atoms with Crippen LogP contribution >= 0.6 is 15.9 Å². The average molecular weight is 789 g/mol. The molecule has 6 nitrogen and oxygen atoms in total. The van der Waals surface area contributed by atoms with Crippen molar-refractivity contribution in [1.29, 1.82) is 0 Å². The number of carbonyl (C=O) groups is 1. The molecule has 53 heavy (non-hydrogen) atoms. The van der Waals surface area contributed by atoms with E-state index in [0.717, 1.165) is 78.3 Å². The van der Waals surface area contributed by atoms with Crippen LogP contribution in [0.4, 0.5) is 4.39 Å². The third kappa shape index (κ3) is 10.6. The quantitative estimate of drug-likeness (QED) is 0.125. The third-order valence-electron chi connectivity index (χ3n) is 10.6. The van der Waals surface area contributed by atoms with Gasteiger partial charge in [-0.1, -0.05) is 46.3 Å². The average Bonchev–Trinajstić information content (AvgIpc) is 3.64. The monoisotopic (exact) mass is 787 g/mol. The maximum absolute atomic E-state index is 14.7. The standard InChI is InChI=1S/C31H34FNO4.C14H21BrO/c1-17-10-19(6-5-9-31(3,4)36)11-18(2)27(17)20-7-8-25(32)22(12-20)16-37-26-14-21-13-23-28(24(21)15-33-26)29(23)30(34)35;1-10-8-12(9-11(2)13(10)15)6-5-7-14(3,4)16/h7-8,10-12,14-15,23,28-29,36H,5-6,9,13,16H2,1-4H3,(H,34,35);8-9,16H,5-7H2,1-4H3/t23-,28-,29+;/m1./s1. The zero-order chi connectivity index (χ0) is 38.8. The summed E-state index contributed by atoms with van der Waals surface area (Å²) < 4.78 is 21.8. The van der Waals surface area contributed by atoms with E-state index < -0.39 is 17.2 Å². The van der Waals surface area contributed by atoms with Crippen LogP contribution in [-0.2, 0) is 30.7 Å². The Balaban J connectivity index is 0.000000285. The van der Waals surface area contributed by atoms with Crippen LogP contribution in [0.1, 0.15) is 109 Å². The van der Waals surface area contributed by atoms with Gasteiger partial charge in [0.1, 0.15) is 12.4 Å². The number of aliphatic hydroxyl groups is 2. The highest BCUT2D eigenvalue weighted by Crippen LogP contribution is 2.61. The lowest BCUT2D eigenvalue weighted by Gasteiger charge is -2.18. The van der Waals surface area contributed by atoms with Gasteiger partial charge >= 0.3 is 5.97 Å². The Kier molecular flexibility index (Phi) is 12.6. The number of carboxylic acids is 1. The molecule has 0 bridgehead atoms. The van der Waals surface area contributed by atoms with Crippen LogP contribution < -0.4 is 4.74 Å². The lowest BCUT2D eigenvalue weighted by Crippen LogP contribution is -2.18. The largest absolute Gasteiger partial charge is 0.481 e. The van der Waals surface area contributed by atoms with Gasteiger partial charge in [0.05, 0.1) is 17.1 Å². The van der Waals surface area contributed by atoms with Crippen LogP contribution in [0.15, 0.2) is 59.2 Å². The molecule has 4 aromatic rings. The number of rotatable bonds is 13. The zero-order valence-corrected chi connectivity index (χ0v) is 34.0. The summed E-state index contributed by atoms with van der Waals surface area (Å²) in [4.78, 5) is 15.7. The molecule has 1 aromatic heterocycles. The highest BCUT2D eigenvalue weighted by molar-refractivity contribution is 9.10. The second-order valence-electron chi connectivity index (χ2n) is 16.6. The van der Waals surface area contributed by atoms with E-state index in [2.05, 4.69) is 72.9 Å². The number of carboxylic acid groups (broad SMARTS) is 1. The van der Waals surface area contributed by atoms with Gasteiger partial charge in [0.15, 0.2) is 0 Å². The summed E-state index contributed by atoms with van der Waals surface area (Å²) in [7, 11) is 0. The van der Waals surface area contributed by atoms with Gasteiger partial charge < -0.3 is 20.1 Å². The lowest BCUT2D eigenvalue weighted by molar-refractivity contribution is -0.139. The molecule has 0 saturated heterocycles. The summed E-state index contributed by atoms with van der Waals surface area (Å²) in [5.74, 6) is -0.678. The van der Waals surface area contributed by atoms with Crippen molar-refractivity contribution in [3.05, 3.63) is 115 Å². The molecule has 0 amide bonds. The number of aromatic nitrogens is 1. The molecular formula is C45H55BrFNO5. The van der Waals surface area contributed by atoms with E-state index in [1.165, 1.54) is 32.8 Å². The number of pyridine rings is 1. The second-order valence-corrected chi connectivity index (χ2v) is 17.3. The second kappa shape index (κ2) is 16.4. The minimum atomic E-state index is -0.734. The molecule has 3 aromatic carbocycles. The number of aliphatic carboxylic acids is 1. The molecule has 3 N–H and O–H groups in total. The van der Waals surface area contributed by atoms with Crippen LogP contribution in [0.3, 0.4) is 0 Å². The summed E-state index contributed by atoms with van der Waals surface area (Å²) in [5.41, 5.74) is 10.8. The molecule has 1 heterocycles. The van der Waals surface area contributed by atoms with Gasteiger partial charge in [-0.25, -0.2) is 9.37 Å². The molecule has 284 valence electrons. The highest BCUT2D eigenvalue weighted by Gasteiger charge is 2.60. The first kappa shape index (κ1) is 40.6. The van der Waals surface area contributed by atoms with E-state index in [0.29, 0.717) is 11.4 Å². The number of nitrogens with zero attached hydrogens (tertiary/aromatic N) is 1. The number of fused-ring (bicyclic) bond motifs is 3. The SMILES string of the molecule is Cc1cc(CCCC(C)(C)O)cc(C)c1-c1ccc(F)c(COc2cc3c(cn2)[C@H]2[C@@H](C3)[C@@H]2C(=O)O)c1.Cc1cc(CCCC(C)(C)O)cc(C)c1Br. The molecule has 8 heteroatoms. The summed E-state index contributed by atoms with van der Waals surface area (Å²) in [6.07, 6.45) is 7.94. The highest BCUT2D eigenvalue weighted by atomic mass is 79.9. The molecule has 0 aliphatic heterocycles. The number of aryl methyl sites for hydroxylation is 6. The lowest BCUT2D eigenvalue weighted by atomic mass is 9.90. The van der Waals surface area contributed by atoms with Gasteiger partial charge in [-0.2, -0.15) is 0 Å². The molecule has 2 aliphatic rings. The fourth-order valence-electron chi connectivity index (χ4n) is 7.96. The van der Waals surface area contributed by atoms with E-state index in [4.69, 9.17) is 4.74 Å². The Morgan fingerprint density at radius 1 is 0.868 bits per heavy atom. The molecule has 3 atom stereocenters. The van der Waals surface area contributed by atoms with Gasteiger partial charge in [-0.05, 0) is 174 Å². The number of halogens is 2. The first-order valence-electron chi connectivity index (χ1n) is 18.7.